The second kappa shape index (κ2) is 30.5. The lowest BCUT2D eigenvalue weighted by Gasteiger charge is -2.19. The Bertz CT molecular complexity index is 7660. The highest BCUT2D eigenvalue weighted by Crippen LogP contribution is 2.51. The molecule has 0 heteroatoms. The fraction of sp³-hybridized carbons (Fsp3) is 0. The molecule has 0 unspecified atom stereocenters. The summed E-state index contributed by atoms with van der Waals surface area (Å²) in [6.45, 7) is 0. The maximum absolute atomic E-state index is 2.36. The lowest BCUT2D eigenvalue weighted by atomic mass is 9.84. The molecule has 0 spiro atoms. The van der Waals surface area contributed by atoms with Gasteiger partial charge in [0.15, 0.2) is 0 Å². The summed E-state index contributed by atoms with van der Waals surface area (Å²) >= 11 is 0. The number of benzene rings is 24. The molecule has 0 nitrogen and oxygen atoms in total. The van der Waals surface area contributed by atoms with Crippen LogP contribution in [0.5, 0.6) is 0 Å². The molecule has 0 aliphatic rings. The third-order valence-corrected chi connectivity index (χ3v) is 24.7. The molecular weight excluding hydrogens is 1440 g/mol. The summed E-state index contributed by atoms with van der Waals surface area (Å²) in [5.41, 5.74) is 22.8. The molecule has 0 saturated carbocycles. The lowest BCUT2D eigenvalue weighted by molar-refractivity contribution is 1.63. The minimum Gasteiger partial charge on any atom is -0.0622 e. The van der Waals surface area contributed by atoms with Crippen LogP contribution < -0.4 is 0 Å². The van der Waals surface area contributed by atoms with E-state index in [2.05, 4.69) is 473 Å². The van der Waals surface area contributed by atoms with Gasteiger partial charge in [0.05, 0.1) is 0 Å². The van der Waals surface area contributed by atoms with E-state index in [0.29, 0.717) is 0 Å². The van der Waals surface area contributed by atoms with Crippen LogP contribution in [0, 0.1) is 0 Å². The molecule has 0 radical (unpaired) electrons. The molecule has 0 aromatic heterocycles. The van der Waals surface area contributed by atoms with Crippen LogP contribution in [0.3, 0.4) is 0 Å². The standard InChI is InChI=1S/3C40H26/c2*1-2-13-29-25-31(24-23-27(29)11-1)30-15-9-16-32(26-30)39-35-18-5-7-20-37(35)40(38-21-8-6-19-36(38)39)34-22-10-14-28-12-3-4-17-33(28)34;1-2-11-27(12-3-1)29-21-22-31-26-32(24-23-30(31)25-29)39-35-16-6-8-18-37(35)40(38-19-9-7-17-36(38)39)34-20-10-14-28-13-4-5-15-33(28)34/h3*1-26H. The Balaban J connectivity index is 0.000000108. The maximum atomic E-state index is 2.36. The van der Waals surface area contributed by atoms with Crippen molar-refractivity contribution in [2.24, 2.45) is 0 Å². The first kappa shape index (κ1) is 71.0. The zero-order valence-corrected chi connectivity index (χ0v) is 66.0. The molecule has 24 aromatic carbocycles. The van der Waals surface area contributed by atoms with E-state index in [0.717, 1.165) is 0 Å². The van der Waals surface area contributed by atoms with Crippen LogP contribution in [0.2, 0.25) is 0 Å². The molecule has 0 fully saturated rings. The van der Waals surface area contributed by atoms with Gasteiger partial charge >= 0.3 is 0 Å². The highest BCUT2D eigenvalue weighted by atomic mass is 14.3. The molecule has 0 heterocycles. The predicted octanol–water partition coefficient (Wildman–Crippen LogP) is 33.9. The lowest BCUT2D eigenvalue weighted by Crippen LogP contribution is -1.92. The van der Waals surface area contributed by atoms with E-state index < -0.39 is 0 Å². The summed E-state index contributed by atoms with van der Waals surface area (Å²) in [5, 5.41) is 30.6. The molecular formula is C120H78. The molecule has 24 aromatic rings. The van der Waals surface area contributed by atoms with Gasteiger partial charge in [-0.2, -0.15) is 0 Å². The molecule has 558 valence electrons. The molecule has 0 atom stereocenters. The van der Waals surface area contributed by atoms with E-state index in [1.807, 2.05) is 0 Å². The van der Waals surface area contributed by atoms with Gasteiger partial charge in [-0.3, -0.25) is 0 Å². The molecule has 120 heavy (non-hydrogen) atoms. The van der Waals surface area contributed by atoms with Gasteiger partial charge in [0.25, 0.3) is 0 Å². The zero-order chi connectivity index (χ0) is 79.4. The van der Waals surface area contributed by atoms with Crippen LogP contribution in [0.1, 0.15) is 0 Å². The number of hydrogen-bond acceptors (Lipinski definition) is 0. The average molecular weight is 1520 g/mol. The molecule has 0 saturated heterocycles. The van der Waals surface area contributed by atoms with Gasteiger partial charge in [-0.05, 0) is 266 Å². The van der Waals surface area contributed by atoms with Crippen molar-refractivity contribution in [3.05, 3.63) is 473 Å². The summed E-state index contributed by atoms with van der Waals surface area (Å²) in [6.07, 6.45) is 0. The smallest absolute Gasteiger partial charge is 0.00201 e. The second-order valence-corrected chi connectivity index (χ2v) is 31.5. The highest BCUT2D eigenvalue weighted by molar-refractivity contribution is 6.27. The van der Waals surface area contributed by atoms with Gasteiger partial charge in [0.1, 0.15) is 0 Å². The minimum atomic E-state index is 1.23. The summed E-state index contributed by atoms with van der Waals surface area (Å²) in [6, 6.07) is 173. The number of hydrogen-bond donors (Lipinski definition) is 0. The Kier molecular flexibility index (Phi) is 18.1. The highest BCUT2D eigenvalue weighted by Gasteiger charge is 2.23. The van der Waals surface area contributed by atoms with Gasteiger partial charge in [-0.25, -0.2) is 0 Å². The van der Waals surface area contributed by atoms with E-state index in [-0.39, 0.29) is 0 Å². The Morgan fingerprint density at radius 1 is 0.0833 bits per heavy atom. The molecule has 0 aliphatic heterocycles. The van der Waals surface area contributed by atoms with E-state index in [1.54, 1.807) is 0 Å². The van der Waals surface area contributed by atoms with Crippen LogP contribution >= 0.6 is 0 Å². The maximum Gasteiger partial charge on any atom is -0.00201 e. The predicted molar refractivity (Wildman–Crippen MR) is 518 cm³/mol. The van der Waals surface area contributed by atoms with Crippen molar-refractivity contribution in [3.8, 4) is 100 Å². The Labute approximate surface area is 697 Å². The minimum absolute atomic E-state index is 1.23. The van der Waals surface area contributed by atoms with Gasteiger partial charge < -0.3 is 0 Å². The summed E-state index contributed by atoms with van der Waals surface area (Å²) in [5.74, 6) is 0. The van der Waals surface area contributed by atoms with Gasteiger partial charge in [0.2, 0.25) is 0 Å². The largest absolute Gasteiger partial charge is 0.0622 e. The third kappa shape index (κ3) is 12.7. The van der Waals surface area contributed by atoms with Crippen molar-refractivity contribution < 1.29 is 0 Å². The fourth-order valence-electron chi connectivity index (χ4n) is 19.2. The molecule has 0 amide bonds. The van der Waals surface area contributed by atoms with Crippen LogP contribution in [-0.4, -0.2) is 0 Å². The fourth-order valence-corrected chi connectivity index (χ4v) is 19.2. The third-order valence-electron chi connectivity index (χ3n) is 24.7. The molecule has 0 N–H and O–H groups in total. The van der Waals surface area contributed by atoms with E-state index in [4.69, 9.17) is 0 Å². The van der Waals surface area contributed by atoms with Crippen LogP contribution in [0.15, 0.2) is 473 Å². The number of fused-ring (bicyclic) bond motifs is 12. The first-order valence-corrected chi connectivity index (χ1v) is 41.6. The molecule has 0 bridgehead atoms. The number of rotatable bonds is 9. The van der Waals surface area contributed by atoms with E-state index >= 15 is 0 Å². The van der Waals surface area contributed by atoms with Gasteiger partial charge in [-0.15, -0.1) is 0 Å². The van der Waals surface area contributed by atoms with Crippen LogP contribution in [-0.2, 0) is 0 Å². The van der Waals surface area contributed by atoms with Crippen LogP contribution in [0.4, 0.5) is 0 Å². The van der Waals surface area contributed by atoms with Crippen molar-refractivity contribution in [1.82, 2.24) is 0 Å². The van der Waals surface area contributed by atoms with Crippen molar-refractivity contribution in [2.45, 2.75) is 0 Å². The van der Waals surface area contributed by atoms with Gasteiger partial charge in [-0.1, -0.05) is 437 Å². The van der Waals surface area contributed by atoms with Crippen molar-refractivity contribution in [3.63, 3.8) is 0 Å². The molecule has 24 rings (SSSR count). The van der Waals surface area contributed by atoms with Crippen molar-refractivity contribution in [1.29, 1.82) is 0 Å². The van der Waals surface area contributed by atoms with Crippen molar-refractivity contribution in [2.75, 3.05) is 0 Å². The first-order valence-electron chi connectivity index (χ1n) is 41.6. The molecule has 0 aliphatic carbocycles. The average Bonchev–Trinajstić information content (AvgIpc) is 0.736. The topological polar surface area (TPSA) is 0 Å². The van der Waals surface area contributed by atoms with Gasteiger partial charge in [0, 0.05) is 0 Å². The zero-order valence-electron chi connectivity index (χ0n) is 66.0. The Morgan fingerprint density at radius 3 is 0.592 bits per heavy atom. The SMILES string of the molecule is c1cc(-c2ccc3ccccc3c2)cc(-c2c3ccccc3c(-c3cccc4ccccc34)c3ccccc23)c1.c1cc(-c2ccc3ccccc3c2)cc(-c2c3ccccc3c(-c3cccc4ccccc34)c3ccccc23)c1.c1ccc(-c2ccc3cc(-c4c5ccccc5c(-c5cccc6ccccc56)c5ccccc45)ccc3c2)cc1. The Morgan fingerprint density at radius 2 is 0.267 bits per heavy atom. The monoisotopic (exact) mass is 1520 g/mol. The summed E-state index contributed by atoms with van der Waals surface area (Å²) in [7, 11) is 0. The van der Waals surface area contributed by atoms with E-state index in [9.17, 15) is 0 Å². The quantitative estimate of drug-likeness (QED) is 0.126. The normalized spacial score (nSPS) is 11.5. The Hall–Kier alpha value is -15.6. The first-order chi connectivity index (χ1) is 59.5. The summed E-state index contributed by atoms with van der Waals surface area (Å²) < 4.78 is 0. The second-order valence-electron chi connectivity index (χ2n) is 31.5. The van der Waals surface area contributed by atoms with Crippen molar-refractivity contribution >= 4 is 129 Å². The van der Waals surface area contributed by atoms with Crippen LogP contribution in [0.25, 0.3) is 229 Å². The van der Waals surface area contributed by atoms with E-state index in [1.165, 1.54) is 229 Å². The summed E-state index contributed by atoms with van der Waals surface area (Å²) in [4.78, 5) is 0.